The first-order chi connectivity index (χ1) is 12.9. The van der Waals surface area contributed by atoms with Crippen LogP contribution in [-0.4, -0.2) is 74.8 Å². The molecule has 1 aromatic carbocycles. The molecule has 0 aromatic heterocycles. The van der Waals surface area contributed by atoms with Crippen molar-refractivity contribution in [2.45, 2.75) is 24.0 Å². The molecule has 7 nitrogen and oxygen atoms in total. The number of carbonyl (C=O) groups excluding carboxylic acids is 2. The van der Waals surface area contributed by atoms with Crippen LogP contribution in [0.25, 0.3) is 0 Å². The Hall–Kier alpha value is -1.93. The highest BCUT2D eigenvalue weighted by molar-refractivity contribution is 8.01. The molecule has 1 aromatic rings. The lowest BCUT2D eigenvalue weighted by atomic mass is 10.1. The first-order valence-corrected chi connectivity index (χ1v) is 9.91. The molecule has 0 saturated carbocycles. The van der Waals surface area contributed by atoms with Crippen LogP contribution in [0.3, 0.4) is 0 Å². The van der Waals surface area contributed by atoms with Gasteiger partial charge in [-0.15, -0.1) is 11.8 Å². The van der Waals surface area contributed by atoms with E-state index in [-0.39, 0.29) is 28.9 Å². The molecule has 150 valence electrons. The molecule has 1 heterocycles. The van der Waals surface area contributed by atoms with E-state index >= 15 is 0 Å². The molecule has 8 heteroatoms. The lowest BCUT2D eigenvalue weighted by molar-refractivity contribution is -0.130. The average molecular weight is 396 g/mol. The van der Waals surface area contributed by atoms with Gasteiger partial charge >= 0.3 is 0 Å². The maximum atomic E-state index is 12.7. The highest BCUT2D eigenvalue weighted by Crippen LogP contribution is 2.46. The van der Waals surface area contributed by atoms with Crippen molar-refractivity contribution in [2.24, 2.45) is 0 Å². The molecule has 2 atom stereocenters. The molecule has 0 spiro atoms. The Balaban J connectivity index is 2.10. The van der Waals surface area contributed by atoms with Crippen LogP contribution in [0, 0.1) is 0 Å². The van der Waals surface area contributed by atoms with Gasteiger partial charge < -0.3 is 24.6 Å². The van der Waals surface area contributed by atoms with Gasteiger partial charge in [0.1, 0.15) is 16.9 Å². The van der Waals surface area contributed by atoms with Gasteiger partial charge in [-0.25, -0.2) is 0 Å². The fourth-order valence-corrected chi connectivity index (χ4v) is 4.23. The van der Waals surface area contributed by atoms with Gasteiger partial charge in [-0.2, -0.15) is 0 Å². The first kappa shape index (κ1) is 21.4. The number of methoxy groups -OCH3 is 2. The van der Waals surface area contributed by atoms with Crippen molar-refractivity contribution < 1.29 is 19.1 Å². The molecule has 1 fully saturated rings. The maximum absolute atomic E-state index is 12.7. The molecule has 0 radical (unpaired) electrons. The Labute approximate surface area is 165 Å². The Kier molecular flexibility index (Phi) is 7.79. The van der Waals surface area contributed by atoms with Gasteiger partial charge in [-0.1, -0.05) is 0 Å². The van der Waals surface area contributed by atoms with Gasteiger partial charge in [0.05, 0.1) is 19.5 Å². The van der Waals surface area contributed by atoms with E-state index in [0.29, 0.717) is 24.6 Å². The Morgan fingerprint density at radius 2 is 2.04 bits per heavy atom. The summed E-state index contributed by atoms with van der Waals surface area (Å²) >= 11 is 1.56. The van der Waals surface area contributed by atoms with Crippen LogP contribution in [0.2, 0.25) is 0 Å². The van der Waals surface area contributed by atoms with Crippen LogP contribution < -0.4 is 14.8 Å². The van der Waals surface area contributed by atoms with Crippen LogP contribution in [0.4, 0.5) is 0 Å². The van der Waals surface area contributed by atoms with Gasteiger partial charge in [0, 0.05) is 31.6 Å². The van der Waals surface area contributed by atoms with Crippen molar-refractivity contribution >= 4 is 23.6 Å². The van der Waals surface area contributed by atoms with Gasteiger partial charge in [-0.05, 0) is 39.2 Å². The third-order valence-electron chi connectivity index (χ3n) is 4.41. The molecular formula is C19H29N3O4S. The normalized spacial score (nSPS) is 19.5. The molecule has 1 N–H and O–H groups in total. The van der Waals surface area contributed by atoms with Gasteiger partial charge in [0.2, 0.25) is 11.8 Å². The first-order valence-electron chi connectivity index (χ1n) is 8.96. The summed E-state index contributed by atoms with van der Waals surface area (Å²) in [6, 6.07) is 5.57. The summed E-state index contributed by atoms with van der Waals surface area (Å²) in [6.07, 6.45) is 0.273. The Bertz CT molecular complexity index is 668. The summed E-state index contributed by atoms with van der Waals surface area (Å²) in [6.45, 7) is 3.64. The Morgan fingerprint density at radius 3 is 2.67 bits per heavy atom. The number of benzene rings is 1. The summed E-state index contributed by atoms with van der Waals surface area (Å²) in [4.78, 5) is 28.5. The number of nitrogens with zero attached hydrogens (tertiary/aromatic N) is 2. The summed E-state index contributed by atoms with van der Waals surface area (Å²) in [5.74, 6) is 1.40. The van der Waals surface area contributed by atoms with Gasteiger partial charge in [-0.3, -0.25) is 9.59 Å². The van der Waals surface area contributed by atoms with Crippen molar-refractivity contribution in [1.82, 2.24) is 15.1 Å². The number of ether oxygens (including phenoxy) is 2. The van der Waals surface area contributed by atoms with Crippen molar-refractivity contribution in [1.29, 1.82) is 0 Å². The molecule has 0 aliphatic carbocycles. The number of carbonyl (C=O) groups is 2. The van der Waals surface area contributed by atoms with E-state index in [0.717, 1.165) is 12.1 Å². The monoisotopic (exact) mass is 395 g/mol. The van der Waals surface area contributed by atoms with Crippen LogP contribution in [0.15, 0.2) is 18.2 Å². The Morgan fingerprint density at radius 1 is 1.30 bits per heavy atom. The minimum atomic E-state index is -0.202. The van der Waals surface area contributed by atoms with E-state index in [9.17, 15) is 9.59 Å². The second-order valence-corrected chi connectivity index (χ2v) is 8.10. The van der Waals surface area contributed by atoms with Gasteiger partial charge in [0.15, 0.2) is 0 Å². The minimum absolute atomic E-state index is 0.0379. The molecule has 2 rings (SSSR count). The molecule has 2 amide bonds. The predicted molar refractivity (Wildman–Crippen MR) is 107 cm³/mol. The number of nitrogens with one attached hydrogen (secondary N) is 1. The standard InChI is InChI=1S/C19H29N3O4S/c1-13-18(24)22(10-8-17(23)20-9-11-21(2)3)19(27-13)15-12-14(25-4)6-7-16(15)26-5/h6-7,12-13,19H,8-11H2,1-5H3,(H,20,23). The summed E-state index contributed by atoms with van der Waals surface area (Å²) in [5.41, 5.74) is 0.882. The smallest absolute Gasteiger partial charge is 0.236 e. The third-order valence-corrected chi connectivity index (χ3v) is 5.79. The maximum Gasteiger partial charge on any atom is 0.236 e. The molecule has 1 saturated heterocycles. The molecule has 27 heavy (non-hydrogen) atoms. The van der Waals surface area contributed by atoms with Crippen molar-refractivity contribution in [3.05, 3.63) is 23.8 Å². The van der Waals surface area contributed by atoms with Crippen LogP contribution in [0.1, 0.15) is 24.3 Å². The van der Waals surface area contributed by atoms with Crippen LogP contribution >= 0.6 is 11.8 Å². The summed E-state index contributed by atoms with van der Waals surface area (Å²) in [7, 11) is 7.13. The molecule has 2 unspecified atom stereocenters. The molecular weight excluding hydrogens is 366 g/mol. The fraction of sp³-hybridized carbons (Fsp3) is 0.579. The highest BCUT2D eigenvalue weighted by atomic mass is 32.2. The molecule has 1 aliphatic rings. The second kappa shape index (κ2) is 9.85. The lowest BCUT2D eigenvalue weighted by Gasteiger charge is -2.25. The molecule has 0 bridgehead atoms. The van der Waals surface area contributed by atoms with Gasteiger partial charge in [0.25, 0.3) is 0 Å². The fourth-order valence-electron chi connectivity index (χ4n) is 2.90. The second-order valence-electron chi connectivity index (χ2n) is 6.67. The highest BCUT2D eigenvalue weighted by Gasteiger charge is 2.39. The van der Waals surface area contributed by atoms with E-state index in [1.807, 2.05) is 44.1 Å². The number of rotatable bonds is 9. The zero-order chi connectivity index (χ0) is 20.0. The SMILES string of the molecule is COc1ccc(OC)c(C2SC(C)C(=O)N2CCC(=O)NCCN(C)C)c1. The number of thioether (sulfide) groups is 1. The zero-order valence-electron chi connectivity index (χ0n) is 16.7. The van der Waals surface area contributed by atoms with E-state index in [1.54, 1.807) is 30.9 Å². The molecule has 1 aliphatic heterocycles. The van der Waals surface area contributed by atoms with E-state index in [4.69, 9.17) is 9.47 Å². The van der Waals surface area contributed by atoms with E-state index < -0.39 is 0 Å². The topological polar surface area (TPSA) is 71.1 Å². The number of hydrogen-bond donors (Lipinski definition) is 1. The minimum Gasteiger partial charge on any atom is -0.497 e. The predicted octanol–water partition coefficient (Wildman–Crippen LogP) is 1.73. The van der Waals surface area contributed by atoms with E-state index in [2.05, 4.69) is 5.32 Å². The lowest BCUT2D eigenvalue weighted by Crippen LogP contribution is -2.36. The van der Waals surface area contributed by atoms with E-state index in [1.165, 1.54) is 0 Å². The number of hydrogen-bond acceptors (Lipinski definition) is 6. The van der Waals surface area contributed by atoms with Crippen molar-refractivity contribution in [3.63, 3.8) is 0 Å². The third kappa shape index (κ3) is 5.52. The number of likely N-dealkylation sites (N-methyl/N-ethyl adjacent to an activating group) is 1. The van der Waals surface area contributed by atoms with Crippen LogP contribution in [-0.2, 0) is 9.59 Å². The average Bonchev–Trinajstić information content (AvgIpc) is 2.93. The quantitative estimate of drug-likeness (QED) is 0.687. The number of amides is 2. The van der Waals surface area contributed by atoms with Crippen molar-refractivity contribution in [3.8, 4) is 11.5 Å². The zero-order valence-corrected chi connectivity index (χ0v) is 17.5. The summed E-state index contributed by atoms with van der Waals surface area (Å²) < 4.78 is 10.8. The van der Waals surface area contributed by atoms with Crippen molar-refractivity contribution in [2.75, 3.05) is 47.9 Å². The van der Waals surface area contributed by atoms with Crippen LogP contribution in [0.5, 0.6) is 11.5 Å². The summed E-state index contributed by atoms with van der Waals surface area (Å²) in [5, 5.41) is 2.52. The largest absolute Gasteiger partial charge is 0.497 e.